The maximum absolute atomic E-state index is 13.2. The number of halogens is 3. The third-order valence-corrected chi connectivity index (χ3v) is 2.54. The maximum Gasteiger partial charge on any atom is 0.134 e. The van der Waals surface area contributed by atoms with E-state index in [0.29, 0.717) is 15.8 Å². The standard InChI is InChI=1S/C10H9BrF2S/c11-9-5-7(12)6-10(13)8(9)3-1-2-4-14/h1,3,5-6,14H,2,4H2. The summed E-state index contributed by atoms with van der Waals surface area (Å²) in [5, 5.41) is 0. The summed E-state index contributed by atoms with van der Waals surface area (Å²) in [6.07, 6.45) is 4.18. The van der Waals surface area contributed by atoms with Crippen molar-refractivity contribution in [2.75, 3.05) is 5.75 Å². The molecule has 0 aliphatic heterocycles. The van der Waals surface area contributed by atoms with Crippen LogP contribution >= 0.6 is 28.6 Å². The predicted molar refractivity (Wildman–Crippen MR) is 61.6 cm³/mol. The van der Waals surface area contributed by atoms with Crippen LogP contribution in [0.4, 0.5) is 8.78 Å². The summed E-state index contributed by atoms with van der Waals surface area (Å²) in [6.45, 7) is 0. The minimum Gasteiger partial charge on any atom is -0.207 e. The predicted octanol–water partition coefficient (Wildman–Crippen LogP) is 4.06. The van der Waals surface area contributed by atoms with E-state index in [0.717, 1.165) is 12.5 Å². The van der Waals surface area contributed by atoms with E-state index >= 15 is 0 Å². The van der Waals surface area contributed by atoms with Crippen molar-refractivity contribution in [3.8, 4) is 0 Å². The van der Waals surface area contributed by atoms with Crippen LogP contribution in [0.2, 0.25) is 0 Å². The van der Waals surface area contributed by atoms with Gasteiger partial charge in [0, 0.05) is 16.1 Å². The Hall–Kier alpha value is -0.350. The molecule has 0 unspecified atom stereocenters. The zero-order chi connectivity index (χ0) is 10.6. The Morgan fingerprint density at radius 2 is 2.07 bits per heavy atom. The van der Waals surface area contributed by atoms with Crippen LogP contribution in [0.15, 0.2) is 22.7 Å². The summed E-state index contributed by atoms with van der Waals surface area (Å²) in [6, 6.07) is 2.11. The molecule has 4 heteroatoms. The van der Waals surface area contributed by atoms with E-state index in [1.165, 1.54) is 6.07 Å². The molecule has 0 atom stereocenters. The summed E-state index contributed by atoms with van der Waals surface area (Å²) >= 11 is 7.12. The fourth-order valence-electron chi connectivity index (χ4n) is 0.988. The maximum atomic E-state index is 13.2. The Balaban J connectivity index is 2.96. The molecule has 0 saturated carbocycles. The van der Waals surface area contributed by atoms with Gasteiger partial charge in [-0.1, -0.05) is 12.2 Å². The van der Waals surface area contributed by atoms with Gasteiger partial charge in [-0.05, 0) is 34.2 Å². The first-order valence-corrected chi connectivity index (χ1v) is 5.49. The Kier molecular flexibility index (Phi) is 4.62. The van der Waals surface area contributed by atoms with E-state index in [4.69, 9.17) is 0 Å². The van der Waals surface area contributed by atoms with Gasteiger partial charge in [-0.15, -0.1) is 0 Å². The van der Waals surface area contributed by atoms with Gasteiger partial charge in [-0.2, -0.15) is 12.6 Å². The van der Waals surface area contributed by atoms with Gasteiger partial charge in [0.05, 0.1) is 0 Å². The molecule has 0 spiro atoms. The van der Waals surface area contributed by atoms with Crippen LogP contribution in [0, 0.1) is 11.6 Å². The van der Waals surface area contributed by atoms with Crippen molar-refractivity contribution in [2.45, 2.75) is 6.42 Å². The van der Waals surface area contributed by atoms with Gasteiger partial charge in [-0.25, -0.2) is 8.78 Å². The lowest BCUT2D eigenvalue weighted by molar-refractivity contribution is 0.580. The number of hydrogen-bond acceptors (Lipinski definition) is 1. The van der Waals surface area contributed by atoms with Crippen LogP contribution in [0.25, 0.3) is 6.08 Å². The second-order valence-corrected chi connectivity index (χ2v) is 4.00. The lowest BCUT2D eigenvalue weighted by Crippen LogP contribution is -1.87. The highest BCUT2D eigenvalue weighted by Gasteiger charge is 2.05. The highest BCUT2D eigenvalue weighted by Crippen LogP contribution is 2.23. The molecule has 0 aromatic heterocycles. The normalized spacial score (nSPS) is 11.1. The second-order valence-electron chi connectivity index (χ2n) is 2.70. The Labute approximate surface area is 95.6 Å². The van der Waals surface area contributed by atoms with E-state index in [-0.39, 0.29) is 0 Å². The van der Waals surface area contributed by atoms with E-state index in [2.05, 4.69) is 28.6 Å². The molecule has 0 aliphatic carbocycles. The number of rotatable bonds is 3. The Morgan fingerprint density at radius 1 is 1.36 bits per heavy atom. The first-order valence-electron chi connectivity index (χ1n) is 4.07. The minimum atomic E-state index is -0.583. The Morgan fingerprint density at radius 3 is 2.64 bits per heavy atom. The first-order chi connectivity index (χ1) is 6.65. The van der Waals surface area contributed by atoms with Gasteiger partial charge in [0.15, 0.2) is 0 Å². The van der Waals surface area contributed by atoms with Gasteiger partial charge in [0.2, 0.25) is 0 Å². The molecule has 0 fully saturated rings. The molecule has 1 aromatic rings. The molecule has 14 heavy (non-hydrogen) atoms. The molecule has 0 saturated heterocycles. The monoisotopic (exact) mass is 278 g/mol. The average Bonchev–Trinajstić information content (AvgIpc) is 2.09. The fourth-order valence-corrected chi connectivity index (χ4v) is 1.68. The first kappa shape index (κ1) is 11.7. The number of hydrogen-bond donors (Lipinski definition) is 1. The van der Waals surface area contributed by atoms with Crippen LogP contribution in [0.1, 0.15) is 12.0 Å². The highest BCUT2D eigenvalue weighted by atomic mass is 79.9. The van der Waals surface area contributed by atoms with Crippen molar-refractivity contribution in [1.29, 1.82) is 0 Å². The van der Waals surface area contributed by atoms with Crippen LogP contribution in [-0.2, 0) is 0 Å². The molecule has 0 aliphatic rings. The summed E-state index contributed by atoms with van der Waals surface area (Å²) in [5.74, 6) is -0.440. The van der Waals surface area contributed by atoms with Crippen molar-refractivity contribution in [3.05, 3.63) is 39.9 Å². The van der Waals surface area contributed by atoms with Crippen molar-refractivity contribution >= 4 is 34.6 Å². The van der Waals surface area contributed by atoms with Crippen molar-refractivity contribution < 1.29 is 8.78 Å². The lowest BCUT2D eigenvalue weighted by Gasteiger charge is -2.00. The molecule has 0 N–H and O–H groups in total. The SMILES string of the molecule is Fc1cc(F)c(C=CCCS)c(Br)c1. The van der Waals surface area contributed by atoms with E-state index < -0.39 is 11.6 Å². The molecule has 76 valence electrons. The fraction of sp³-hybridized carbons (Fsp3) is 0.200. The van der Waals surface area contributed by atoms with Crippen LogP contribution in [0.3, 0.4) is 0 Å². The Bertz CT molecular complexity index is 327. The summed E-state index contributed by atoms with van der Waals surface area (Å²) in [4.78, 5) is 0. The van der Waals surface area contributed by atoms with Gasteiger partial charge in [0.25, 0.3) is 0 Å². The van der Waals surface area contributed by atoms with Crippen LogP contribution < -0.4 is 0 Å². The van der Waals surface area contributed by atoms with Gasteiger partial charge in [0.1, 0.15) is 11.6 Å². The van der Waals surface area contributed by atoms with Crippen molar-refractivity contribution in [2.24, 2.45) is 0 Å². The van der Waals surface area contributed by atoms with Crippen molar-refractivity contribution in [3.63, 3.8) is 0 Å². The molecule has 0 heterocycles. The second kappa shape index (κ2) is 5.51. The summed E-state index contributed by atoms with van der Waals surface area (Å²) in [5.41, 5.74) is 0.369. The van der Waals surface area contributed by atoms with Gasteiger partial charge >= 0.3 is 0 Å². The average molecular weight is 279 g/mol. The number of allylic oxidation sites excluding steroid dienone is 1. The molecule has 1 aromatic carbocycles. The zero-order valence-electron chi connectivity index (χ0n) is 7.30. The molecule has 0 radical (unpaired) electrons. The highest BCUT2D eigenvalue weighted by molar-refractivity contribution is 9.10. The van der Waals surface area contributed by atoms with Gasteiger partial charge < -0.3 is 0 Å². The van der Waals surface area contributed by atoms with Crippen LogP contribution in [0.5, 0.6) is 0 Å². The minimum absolute atomic E-state index is 0.369. The number of thiol groups is 1. The summed E-state index contributed by atoms with van der Waals surface area (Å²) < 4.78 is 26.3. The molecule has 0 amide bonds. The largest absolute Gasteiger partial charge is 0.207 e. The summed E-state index contributed by atoms with van der Waals surface area (Å²) in [7, 11) is 0. The smallest absolute Gasteiger partial charge is 0.134 e. The van der Waals surface area contributed by atoms with Crippen molar-refractivity contribution in [1.82, 2.24) is 0 Å². The van der Waals surface area contributed by atoms with E-state index in [9.17, 15) is 8.78 Å². The number of benzene rings is 1. The molecular weight excluding hydrogens is 270 g/mol. The topological polar surface area (TPSA) is 0 Å². The van der Waals surface area contributed by atoms with E-state index in [1.54, 1.807) is 12.2 Å². The zero-order valence-corrected chi connectivity index (χ0v) is 9.79. The van der Waals surface area contributed by atoms with E-state index in [1.807, 2.05) is 0 Å². The van der Waals surface area contributed by atoms with Gasteiger partial charge in [-0.3, -0.25) is 0 Å². The molecule has 0 nitrogen and oxygen atoms in total. The lowest BCUT2D eigenvalue weighted by atomic mass is 10.2. The molecule has 0 bridgehead atoms. The molecule has 1 rings (SSSR count). The third-order valence-electron chi connectivity index (χ3n) is 1.62. The quantitative estimate of drug-likeness (QED) is 0.792. The third kappa shape index (κ3) is 3.10. The molecular formula is C10H9BrF2S. The van der Waals surface area contributed by atoms with Crippen LogP contribution in [-0.4, -0.2) is 5.75 Å².